The zero-order valence-electron chi connectivity index (χ0n) is 32.9. The number of nitriles is 1. The number of anilines is 3. The minimum atomic E-state index is 0.568. The van der Waals surface area contributed by atoms with Crippen molar-refractivity contribution in [1.82, 2.24) is 9.13 Å². The lowest BCUT2D eigenvalue weighted by Crippen LogP contribution is -2.11. The number of para-hydroxylation sites is 2. The SMILES string of the molecule is [C-]#[N+]c1ccc(N(c2ccc(C#N)cc2)c2cc(-n3c4ccccc4c4ccccc43)cc(-n3c4ccc(-c5ccccc5)cc4c4cc(-c5ccccc5)ccc43)c2)cc1. The fourth-order valence-corrected chi connectivity index (χ4v) is 8.90. The fraction of sp³-hybridized carbons (Fsp3) is 0. The first-order valence-electron chi connectivity index (χ1n) is 20.3. The van der Waals surface area contributed by atoms with Gasteiger partial charge in [0.15, 0.2) is 5.69 Å². The highest BCUT2D eigenvalue weighted by Gasteiger charge is 2.21. The second-order valence-corrected chi connectivity index (χ2v) is 15.2. The third kappa shape index (κ3) is 6.09. The molecule has 5 nitrogen and oxygen atoms in total. The van der Waals surface area contributed by atoms with Crippen LogP contribution < -0.4 is 4.90 Å². The molecule has 9 aromatic carbocycles. The molecule has 0 atom stereocenters. The van der Waals surface area contributed by atoms with Gasteiger partial charge in [-0.1, -0.05) is 121 Å². The Morgan fingerprint density at radius 1 is 0.393 bits per heavy atom. The Kier molecular flexibility index (Phi) is 8.52. The number of benzene rings is 9. The monoisotopic (exact) mass is 777 g/mol. The molecule has 0 bridgehead atoms. The summed E-state index contributed by atoms with van der Waals surface area (Å²) in [5.74, 6) is 0. The van der Waals surface area contributed by atoms with Gasteiger partial charge in [-0.2, -0.15) is 5.26 Å². The van der Waals surface area contributed by atoms with Gasteiger partial charge >= 0.3 is 0 Å². The van der Waals surface area contributed by atoms with Gasteiger partial charge in [-0.05, 0) is 113 Å². The van der Waals surface area contributed by atoms with E-state index in [0.29, 0.717) is 11.3 Å². The van der Waals surface area contributed by atoms with Gasteiger partial charge in [0, 0.05) is 32.9 Å². The van der Waals surface area contributed by atoms with Crippen LogP contribution in [0.15, 0.2) is 212 Å². The second-order valence-electron chi connectivity index (χ2n) is 15.2. The molecular formula is C56H35N5. The Hall–Kier alpha value is -8.64. The van der Waals surface area contributed by atoms with Gasteiger partial charge in [0.25, 0.3) is 0 Å². The molecule has 0 radical (unpaired) electrons. The molecule has 0 spiro atoms. The molecular weight excluding hydrogens is 743 g/mol. The van der Waals surface area contributed by atoms with Gasteiger partial charge in [0.1, 0.15) is 0 Å². The van der Waals surface area contributed by atoms with Crippen LogP contribution >= 0.6 is 0 Å². The van der Waals surface area contributed by atoms with E-state index >= 15 is 0 Å². The molecule has 0 unspecified atom stereocenters. The van der Waals surface area contributed by atoms with Crippen LogP contribution in [0.5, 0.6) is 0 Å². The normalized spacial score (nSPS) is 11.2. The van der Waals surface area contributed by atoms with Crippen molar-refractivity contribution in [2.45, 2.75) is 0 Å². The average molecular weight is 778 g/mol. The molecule has 2 aromatic heterocycles. The maximum Gasteiger partial charge on any atom is 0.187 e. The predicted molar refractivity (Wildman–Crippen MR) is 252 cm³/mol. The molecule has 2 heterocycles. The molecule has 5 heteroatoms. The fourth-order valence-electron chi connectivity index (χ4n) is 8.90. The molecule has 11 aromatic rings. The molecule has 0 saturated heterocycles. The van der Waals surface area contributed by atoms with E-state index in [1.807, 2.05) is 48.5 Å². The van der Waals surface area contributed by atoms with E-state index in [1.54, 1.807) is 0 Å². The Morgan fingerprint density at radius 3 is 1.31 bits per heavy atom. The quantitative estimate of drug-likeness (QED) is 0.151. The summed E-state index contributed by atoms with van der Waals surface area (Å²) in [5.41, 5.74) is 14.9. The van der Waals surface area contributed by atoms with Gasteiger partial charge in [-0.3, -0.25) is 0 Å². The van der Waals surface area contributed by atoms with Crippen LogP contribution in [0.1, 0.15) is 5.56 Å². The highest BCUT2D eigenvalue weighted by Crippen LogP contribution is 2.43. The molecule has 0 N–H and O–H groups in total. The molecule has 0 aliphatic rings. The van der Waals surface area contributed by atoms with E-state index in [9.17, 15) is 5.26 Å². The number of aromatic nitrogens is 2. The average Bonchev–Trinajstić information content (AvgIpc) is 3.85. The predicted octanol–water partition coefficient (Wildman–Crippen LogP) is 15.1. The highest BCUT2D eigenvalue weighted by molar-refractivity contribution is 6.12. The van der Waals surface area contributed by atoms with Crippen molar-refractivity contribution < 1.29 is 0 Å². The number of hydrogen-bond donors (Lipinski definition) is 0. The largest absolute Gasteiger partial charge is 0.310 e. The Balaban J connectivity index is 1.24. The smallest absolute Gasteiger partial charge is 0.187 e. The maximum atomic E-state index is 9.76. The topological polar surface area (TPSA) is 41.2 Å². The molecule has 284 valence electrons. The highest BCUT2D eigenvalue weighted by atomic mass is 15.1. The van der Waals surface area contributed by atoms with Gasteiger partial charge < -0.3 is 14.0 Å². The lowest BCUT2D eigenvalue weighted by Gasteiger charge is -2.27. The number of rotatable bonds is 7. The third-order valence-corrected chi connectivity index (χ3v) is 11.7. The van der Waals surface area contributed by atoms with Crippen LogP contribution in [0.4, 0.5) is 22.7 Å². The lowest BCUT2D eigenvalue weighted by molar-refractivity contribution is 1.12. The minimum absolute atomic E-state index is 0.568. The van der Waals surface area contributed by atoms with Crippen LogP contribution in [0, 0.1) is 17.9 Å². The third-order valence-electron chi connectivity index (χ3n) is 11.7. The molecule has 61 heavy (non-hydrogen) atoms. The van der Waals surface area contributed by atoms with Crippen molar-refractivity contribution in [2.75, 3.05) is 4.90 Å². The van der Waals surface area contributed by atoms with Gasteiger partial charge in [0.2, 0.25) is 0 Å². The van der Waals surface area contributed by atoms with Crippen molar-refractivity contribution in [2.24, 2.45) is 0 Å². The summed E-state index contributed by atoms with van der Waals surface area (Å²) >= 11 is 0. The van der Waals surface area contributed by atoms with E-state index in [-0.39, 0.29) is 0 Å². The Labute approximate surface area is 353 Å². The minimum Gasteiger partial charge on any atom is -0.310 e. The first kappa shape index (κ1) is 35.5. The zero-order chi connectivity index (χ0) is 40.9. The Bertz CT molecular complexity index is 3320. The number of nitrogens with zero attached hydrogens (tertiary/aromatic N) is 5. The molecule has 0 amide bonds. The summed E-state index contributed by atoms with van der Waals surface area (Å²) in [7, 11) is 0. The molecule has 11 rings (SSSR count). The first-order chi connectivity index (χ1) is 30.1. The molecule has 0 fully saturated rings. The number of fused-ring (bicyclic) bond motifs is 6. The van der Waals surface area contributed by atoms with Crippen molar-refractivity contribution in [3.8, 4) is 39.7 Å². The van der Waals surface area contributed by atoms with E-state index in [2.05, 4.69) is 189 Å². The summed E-state index contributed by atoms with van der Waals surface area (Å²) in [4.78, 5) is 5.90. The van der Waals surface area contributed by atoms with E-state index in [1.165, 1.54) is 21.9 Å². The summed E-state index contributed by atoms with van der Waals surface area (Å²) in [6.45, 7) is 7.67. The van der Waals surface area contributed by atoms with Gasteiger partial charge in [-0.25, -0.2) is 4.85 Å². The van der Waals surface area contributed by atoms with Crippen LogP contribution in [-0.4, -0.2) is 9.13 Å². The van der Waals surface area contributed by atoms with E-state index in [4.69, 9.17) is 6.57 Å². The van der Waals surface area contributed by atoms with Crippen molar-refractivity contribution in [3.63, 3.8) is 0 Å². The summed E-state index contributed by atoms with van der Waals surface area (Å²) in [5, 5.41) is 14.4. The van der Waals surface area contributed by atoms with Crippen LogP contribution in [0.2, 0.25) is 0 Å². The molecule has 0 saturated carbocycles. The molecule has 0 aliphatic carbocycles. The lowest BCUT2D eigenvalue weighted by atomic mass is 10.0. The van der Waals surface area contributed by atoms with Crippen LogP contribution in [0.25, 0.3) is 82.1 Å². The van der Waals surface area contributed by atoms with E-state index < -0.39 is 0 Å². The second kappa shape index (κ2) is 14.6. The zero-order valence-corrected chi connectivity index (χ0v) is 32.9. The summed E-state index contributed by atoms with van der Waals surface area (Å²) in [6.07, 6.45) is 0. The Morgan fingerprint density at radius 2 is 0.836 bits per heavy atom. The standard InChI is InChI=1S/C56H35N5/c1-58-43-24-28-45(29-25-43)59(44-26-20-38(37-57)21-27-44)46-34-47(60-53-18-10-8-16-49(53)50-17-9-11-19-54(50)60)36-48(35-46)61-55-30-22-41(39-12-4-2-5-13-39)32-51(55)52-33-42(23-31-56(52)61)40-14-6-3-7-15-40/h2-36H. The van der Waals surface area contributed by atoms with Crippen LogP contribution in [0.3, 0.4) is 0 Å². The van der Waals surface area contributed by atoms with Crippen molar-refractivity contribution in [3.05, 3.63) is 229 Å². The van der Waals surface area contributed by atoms with Crippen LogP contribution in [-0.2, 0) is 0 Å². The summed E-state index contributed by atoms with van der Waals surface area (Å²) < 4.78 is 4.76. The molecule has 0 aliphatic heterocycles. The van der Waals surface area contributed by atoms with Gasteiger partial charge in [-0.15, -0.1) is 0 Å². The number of hydrogen-bond acceptors (Lipinski definition) is 2. The van der Waals surface area contributed by atoms with E-state index in [0.717, 1.165) is 72.4 Å². The van der Waals surface area contributed by atoms with Crippen molar-refractivity contribution in [1.29, 1.82) is 5.26 Å². The van der Waals surface area contributed by atoms with Gasteiger partial charge in [0.05, 0.1) is 57.3 Å². The van der Waals surface area contributed by atoms with Crippen molar-refractivity contribution >= 4 is 66.4 Å². The maximum absolute atomic E-state index is 9.76. The first-order valence-corrected chi connectivity index (χ1v) is 20.3. The summed E-state index contributed by atoms with van der Waals surface area (Å²) in [6, 6.07) is 76.5.